The van der Waals surface area contributed by atoms with E-state index in [4.69, 9.17) is 4.74 Å². The summed E-state index contributed by atoms with van der Waals surface area (Å²) in [6.07, 6.45) is -0.0229. The highest BCUT2D eigenvalue weighted by Crippen LogP contribution is 2.32. The van der Waals surface area contributed by atoms with E-state index < -0.39 is 0 Å². The zero-order valence-electron chi connectivity index (χ0n) is 13.0. The second kappa shape index (κ2) is 5.72. The number of ether oxygens (including phenoxy) is 1. The van der Waals surface area contributed by atoms with Crippen LogP contribution < -0.4 is 10.1 Å². The number of nitrogens with zero attached hydrogens (tertiary/aromatic N) is 1. The van der Waals surface area contributed by atoms with Gasteiger partial charge in [-0.3, -0.25) is 4.79 Å². The van der Waals surface area contributed by atoms with Crippen molar-refractivity contribution >= 4 is 11.6 Å². The fraction of sp³-hybridized carbons (Fsp3) is 0.278. The SMILES string of the molecule is CC(C)Oc1ccc(C2Nc3ccccc3C(=O)N2C)cc1. The van der Waals surface area contributed by atoms with Gasteiger partial charge in [-0.1, -0.05) is 24.3 Å². The van der Waals surface area contributed by atoms with Crippen LogP contribution in [0.1, 0.15) is 35.9 Å². The summed E-state index contributed by atoms with van der Waals surface area (Å²) in [6.45, 7) is 4.00. The second-order valence-electron chi connectivity index (χ2n) is 5.74. The molecule has 0 radical (unpaired) electrons. The van der Waals surface area contributed by atoms with Crippen molar-refractivity contribution in [2.75, 3.05) is 12.4 Å². The molecule has 1 aliphatic heterocycles. The Morgan fingerprint density at radius 3 is 2.45 bits per heavy atom. The fourth-order valence-electron chi connectivity index (χ4n) is 2.65. The smallest absolute Gasteiger partial charge is 0.257 e. The fourth-order valence-corrected chi connectivity index (χ4v) is 2.65. The van der Waals surface area contributed by atoms with Crippen LogP contribution in [0.15, 0.2) is 48.5 Å². The molecule has 2 aromatic carbocycles. The largest absolute Gasteiger partial charge is 0.491 e. The zero-order valence-corrected chi connectivity index (χ0v) is 13.0. The number of nitrogens with one attached hydrogen (secondary N) is 1. The van der Waals surface area contributed by atoms with Gasteiger partial charge in [-0.2, -0.15) is 0 Å². The Hall–Kier alpha value is -2.49. The molecular formula is C18H20N2O2. The van der Waals surface area contributed by atoms with Crippen LogP contribution in [0.5, 0.6) is 5.75 Å². The molecule has 4 nitrogen and oxygen atoms in total. The average molecular weight is 296 g/mol. The predicted molar refractivity (Wildman–Crippen MR) is 87.1 cm³/mol. The third-order valence-electron chi connectivity index (χ3n) is 3.72. The number of carbonyl (C=O) groups is 1. The van der Waals surface area contributed by atoms with Crippen molar-refractivity contribution in [2.24, 2.45) is 0 Å². The van der Waals surface area contributed by atoms with Crippen LogP contribution in [0.4, 0.5) is 5.69 Å². The van der Waals surface area contributed by atoms with Crippen LogP contribution >= 0.6 is 0 Å². The Bertz CT molecular complexity index is 680. The van der Waals surface area contributed by atoms with E-state index in [2.05, 4.69) is 5.32 Å². The van der Waals surface area contributed by atoms with Crippen molar-refractivity contribution in [3.8, 4) is 5.75 Å². The molecule has 1 amide bonds. The summed E-state index contributed by atoms with van der Waals surface area (Å²) < 4.78 is 5.66. The van der Waals surface area contributed by atoms with Crippen LogP contribution in [0, 0.1) is 0 Å². The standard InChI is InChI=1S/C18H20N2O2/c1-12(2)22-14-10-8-13(9-11-14)17-19-16-7-5-4-6-15(16)18(21)20(17)3/h4-12,17,19H,1-3H3. The molecule has 0 spiro atoms. The molecule has 1 N–H and O–H groups in total. The first-order valence-electron chi connectivity index (χ1n) is 7.45. The first-order chi connectivity index (χ1) is 10.6. The lowest BCUT2D eigenvalue weighted by atomic mass is 10.0. The number of hydrogen-bond donors (Lipinski definition) is 1. The van der Waals surface area contributed by atoms with Gasteiger partial charge >= 0.3 is 0 Å². The molecule has 4 heteroatoms. The molecule has 3 rings (SSSR count). The molecule has 1 aliphatic rings. The molecule has 1 atom stereocenters. The van der Waals surface area contributed by atoms with E-state index in [9.17, 15) is 4.79 Å². The first-order valence-corrected chi connectivity index (χ1v) is 7.45. The van der Waals surface area contributed by atoms with E-state index in [1.807, 2.05) is 69.4 Å². The molecule has 0 fully saturated rings. The lowest BCUT2D eigenvalue weighted by molar-refractivity contribution is 0.0735. The van der Waals surface area contributed by atoms with Crippen molar-refractivity contribution in [3.05, 3.63) is 59.7 Å². The van der Waals surface area contributed by atoms with E-state index in [0.717, 1.165) is 17.0 Å². The Labute approximate surface area is 130 Å². The van der Waals surface area contributed by atoms with Crippen LogP contribution in [0.2, 0.25) is 0 Å². The van der Waals surface area contributed by atoms with Crippen LogP contribution in [0.3, 0.4) is 0 Å². The molecule has 1 unspecified atom stereocenters. The van der Waals surface area contributed by atoms with E-state index in [1.165, 1.54) is 0 Å². The lowest BCUT2D eigenvalue weighted by Crippen LogP contribution is -2.40. The predicted octanol–water partition coefficient (Wildman–Crippen LogP) is 3.67. The molecule has 0 bridgehead atoms. The van der Waals surface area contributed by atoms with E-state index >= 15 is 0 Å². The summed E-state index contributed by atoms with van der Waals surface area (Å²) in [5.74, 6) is 0.866. The molecule has 0 saturated heterocycles. The summed E-state index contributed by atoms with van der Waals surface area (Å²) >= 11 is 0. The van der Waals surface area contributed by atoms with Crippen molar-refractivity contribution in [2.45, 2.75) is 26.1 Å². The summed E-state index contributed by atoms with van der Waals surface area (Å²) in [5, 5.41) is 3.42. The Morgan fingerprint density at radius 1 is 1.09 bits per heavy atom. The molecule has 114 valence electrons. The minimum atomic E-state index is -0.171. The highest BCUT2D eigenvalue weighted by Gasteiger charge is 2.29. The Morgan fingerprint density at radius 2 is 1.77 bits per heavy atom. The van der Waals surface area contributed by atoms with E-state index in [-0.39, 0.29) is 18.2 Å². The Kier molecular flexibility index (Phi) is 3.75. The van der Waals surface area contributed by atoms with Crippen molar-refractivity contribution in [1.82, 2.24) is 4.90 Å². The number of hydrogen-bond acceptors (Lipinski definition) is 3. The third kappa shape index (κ3) is 2.64. The summed E-state index contributed by atoms with van der Waals surface area (Å²) in [7, 11) is 1.81. The molecule has 2 aromatic rings. The number of benzene rings is 2. The first kappa shape index (κ1) is 14.4. The quantitative estimate of drug-likeness (QED) is 0.939. The highest BCUT2D eigenvalue weighted by atomic mass is 16.5. The number of anilines is 1. The van der Waals surface area contributed by atoms with Crippen molar-refractivity contribution in [3.63, 3.8) is 0 Å². The maximum Gasteiger partial charge on any atom is 0.257 e. The van der Waals surface area contributed by atoms with Gasteiger partial charge in [-0.05, 0) is 43.7 Å². The molecule has 22 heavy (non-hydrogen) atoms. The van der Waals surface area contributed by atoms with Gasteiger partial charge in [0.05, 0.1) is 11.7 Å². The molecule has 0 aliphatic carbocycles. The zero-order chi connectivity index (χ0) is 15.7. The second-order valence-corrected chi connectivity index (χ2v) is 5.74. The summed E-state index contributed by atoms with van der Waals surface area (Å²) in [4.78, 5) is 14.2. The van der Waals surface area contributed by atoms with Gasteiger partial charge in [0.15, 0.2) is 0 Å². The van der Waals surface area contributed by atoms with Gasteiger partial charge in [0.2, 0.25) is 0 Å². The van der Waals surface area contributed by atoms with E-state index in [0.29, 0.717) is 5.56 Å². The number of para-hydroxylation sites is 1. The van der Waals surface area contributed by atoms with Gasteiger partial charge in [0.25, 0.3) is 5.91 Å². The maximum absolute atomic E-state index is 12.5. The van der Waals surface area contributed by atoms with Gasteiger partial charge in [-0.15, -0.1) is 0 Å². The number of amides is 1. The number of fused-ring (bicyclic) bond motifs is 1. The lowest BCUT2D eigenvalue weighted by Gasteiger charge is -2.35. The maximum atomic E-state index is 12.5. The van der Waals surface area contributed by atoms with Crippen molar-refractivity contribution in [1.29, 1.82) is 0 Å². The van der Waals surface area contributed by atoms with Gasteiger partial charge < -0.3 is 15.0 Å². The van der Waals surface area contributed by atoms with Gasteiger partial charge in [0.1, 0.15) is 11.9 Å². The Balaban J connectivity index is 1.88. The summed E-state index contributed by atoms with van der Waals surface area (Å²) in [5.41, 5.74) is 2.61. The summed E-state index contributed by atoms with van der Waals surface area (Å²) in [6, 6.07) is 15.5. The number of carbonyl (C=O) groups excluding carboxylic acids is 1. The average Bonchev–Trinajstić information content (AvgIpc) is 2.51. The van der Waals surface area contributed by atoms with Crippen LogP contribution in [0.25, 0.3) is 0 Å². The van der Waals surface area contributed by atoms with Gasteiger partial charge in [0, 0.05) is 12.7 Å². The monoisotopic (exact) mass is 296 g/mol. The normalized spacial score (nSPS) is 17.2. The molecule has 0 aromatic heterocycles. The topological polar surface area (TPSA) is 41.6 Å². The highest BCUT2D eigenvalue weighted by molar-refractivity contribution is 6.01. The van der Waals surface area contributed by atoms with Crippen molar-refractivity contribution < 1.29 is 9.53 Å². The van der Waals surface area contributed by atoms with Gasteiger partial charge in [-0.25, -0.2) is 0 Å². The minimum Gasteiger partial charge on any atom is -0.491 e. The third-order valence-corrected chi connectivity index (χ3v) is 3.72. The molecule has 0 saturated carbocycles. The van der Waals surface area contributed by atoms with Crippen LogP contribution in [-0.2, 0) is 0 Å². The molecule has 1 heterocycles. The molecular weight excluding hydrogens is 276 g/mol. The van der Waals surface area contributed by atoms with Crippen LogP contribution in [-0.4, -0.2) is 24.0 Å². The van der Waals surface area contributed by atoms with E-state index in [1.54, 1.807) is 4.90 Å². The minimum absolute atomic E-state index is 0.0295. The number of rotatable bonds is 3.